The molecule has 1 saturated heterocycles. The van der Waals surface area contributed by atoms with E-state index in [1.54, 1.807) is 0 Å². The molecular formula is C16H25NOS. The van der Waals surface area contributed by atoms with Crippen molar-refractivity contribution in [2.75, 3.05) is 24.7 Å². The fourth-order valence-electron chi connectivity index (χ4n) is 2.29. The van der Waals surface area contributed by atoms with Gasteiger partial charge in [-0.3, -0.25) is 0 Å². The van der Waals surface area contributed by atoms with Gasteiger partial charge in [0.05, 0.1) is 6.61 Å². The average Bonchev–Trinajstić information content (AvgIpc) is 2.47. The summed E-state index contributed by atoms with van der Waals surface area (Å²) < 4.78 is 5.59. The van der Waals surface area contributed by atoms with Gasteiger partial charge in [0.2, 0.25) is 0 Å². The molecule has 1 aliphatic heterocycles. The van der Waals surface area contributed by atoms with Gasteiger partial charge < -0.3 is 10.1 Å². The van der Waals surface area contributed by atoms with Crippen LogP contribution in [0.15, 0.2) is 24.3 Å². The first-order valence-electron chi connectivity index (χ1n) is 7.38. The molecule has 0 spiro atoms. The fraction of sp³-hybridized carbons (Fsp3) is 0.625. The summed E-state index contributed by atoms with van der Waals surface area (Å²) in [7, 11) is 0. The van der Waals surface area contributed by atoms with Crippen LogP contribution in [0.25, 0.3) is 0 Å². The Morgan fingerprint density at radius 2 is 1.95 bits per heavy atom. The predicted molar refractivity (Wildman–Crippen MR) is 84.0 cm³/mol. The van der Waals surface area contributed by atoms with Crippen molar-refractivity contribution in [3.05, 3.63) is 29.8 Å². The minimum atomic E-state index is 0.803. The second-order valence-corrected chi connectivity index (χ2v) is 6.40. The molecule has 3 heteroatoms. The molecule has 1 aliphatic rings. The molecule has 19 heavy (non-hydrogen) atoms. The first-order chi connectivity index (χ1) is 9.38. The van der Waals surface area contributed by atoms with E-state index < -0.39 is 0 Å². The van der Waals surface area contributed by atoms with E-state index >= 15 is 0 Å². The lowest BCUT2D eigenvalue weighted by Gasteiger charge is -2.21. The Labute approximate surface area is 121 Å². The first-order valence-corrected chi connectivity index (χ1v) is 8.54. The maximum absolute atomic E-state index is 5.59. The summed E-state index contributed by atoms with van der Waals surface area (Å²) in [5.74, 6) is 4.55. The van der Waals surface area contributed by atoms with Crippen molar-refractivity contribution in [3.63, 3.8) is 0 Å². The Morgan fingerprint density at radius 3 is 2.63 bits per heavy atom. The molecule has 2 nitrogen and oxygen atoms in total. The molecule has 1 aromatic rings. The van der Waals surface area contributed by atoms with Gasteiger partial charge in [-0.15, -0.1) is 0 Å². The third-order valence-electron chi connectivity index (χ3n) is 3.50. The second kappa shape index (κ2) is 8.49. The molecule has 106 valence electrons. The first kappa shape index (κ1) is 14.7. The highest BCUT2D eigenvalue weighted by molar-refractivity contribution is 7.99. The minimum absolute atomic E-state index is 0.803. The van der Waals surface area contributed by atoms with E-state index in [4.69, 9.17) is 4.74 Å². The molecule has 1 heterocycles. The maximum Gasteiger partial charge on any atom is 0.119 e. The Balaban J connectivity index is 1.67. The van der Waals surface area contributed by atoms with Crippen LogP contribution in [0.1, 0.15) is 31.7 Å². The largest absolute Gasteiger partial charge is 0.494 e. The number of ether oxygens (including phenoxy) is 1. The number of nitrogens with one attached hydrogen (secondary N) is 1. The molecule has 0 radical (unpaired) electrons. The van der Waals surface area contributed by atoms with E-state index in [9.17, 15) is 0 Å². The molecule has 0 saturated carbocycles. The lowest BCUT2D eigenvalue weighted by atomic mass is 10.0. The summed E-state index contributed by atoms with van der Waals surface area (Å²) in [6, 6.07) is 8.47. The minimum Gasteiger partial charge on any atom is -0.494 e. The summed E-state index contributed by atoms with van der Waals surface area (Å²) in [5.41, 5.74) is 1.34. The molecule has 0 bridgehead atoms. The molecule has 0 atom stereocenters. The van der Waals surface area contributed by atoms with Gasteiger partial charge in [-0.05, 0) is 60.9 Å². The fourth-order valence-corrected chi connectivity index (χ4v) is 3.50. The van der Waals surface area contributed by atoms with Crippen LogP contribution in [0.4, 0.5) is 0 Å². The highest BCUT2D eigenvalue weighted by atomic mass is 32.2. The van der Waals surface area contributed by atoms with Gasteiger partial charge in [-0.2, -0.15) is 11.8 Å². The topological polar surface area (TPSA) is 21.3 Å². The van der Waals surface area contributed by atoms with Crippen molar-refractivity contribution in [3.8, 4) is 5.75 Å². The summed E-state index contributed by atoms with van der Waals surface area (Å²) in [4.78, 5) is 0. The highest BCUT2D eigenvalue weighted by Gasteiger charge is 2.12. The van der Waals surface area contributed by atoms with Crippen molar-refractivity contribution < 1.29 is 4.74 Å². The third kappa shape index (κ3) is 5.45. The Bertz CT molecular complexity index is 346. The molecule has 2 rings (SSSR count). The normalized spacial score (nSPS) is 16.5. The maximum atomic E-state index is 5.59. The number of benzene rings is 1. The van der Waals surface area contributed by atoms with Crippen molar-refractivity contribution in [2.24, 2.45) is 5.92 Å². The molecule has 1 fully saturated rings. The van der Waals surface area contributed by atoms with Crippen molar-refractivity contribution in [2.45, 2.75) is 32.7 Å². The molecule has 0 unspecified atom stereocenters. The van der Waals surface area contributed by atoms with E-state index in [1.807, 2.05) is 0 Å². The van der Waals surface area contributed by atoms with Gasteiger partial charge >= 0.3 is 0 Å². The third-order valence-corrected chi connectivity index (χ3v) is 4.55. The van der Waals surface area contributed by atoms with Crippen LogP contribution in [0, 0.1) is 5.92 Å². The van der Waals surface area contributed by atoms with E-state index in [2.05, 4.69) is 48.3 Å². The van der Waals surface area contributed by atoms with Crippen LogP contribution in [0.3, 0.4) is 0 Å². The smallest absolute Gasteiger partial charge is 0.119 e. The Kier molecular flexibility index (Phi) is 6.58. The summed E-state index contributed by atoms with van der Waals surface area (Å²) in [6.07, 6.45) is 3.81. The second-order valence-electron chi connectivity index (χ2n) is 5.18. The van der Waals surface area contributed by atoms with E-state index in [0.717, 1.165) is 37.8 Å². The van der Waals surface area contributed by atoms with Crippen LogP contribution < -0.4 is 10.1 Å². The Hall–Kier alpha value is -0.670. The number of rotatable bonds is 7. The molecule has 0 aliphatic carbocycles. The van der Waals surface area contributed by atoms with Crippen LogP contribution >= 0.6 is 11.8 Å². The van der Waals surface area contributed by atoms with Crippen molar-refractivity contribution >= 4 is 11.8 Å². The lowest BCUT2D eigenvalue weighted by molar-refractivity contribution is 0.317. The molecule has 0 aromatic heterocycles. The van der Waals surface area contributed by atoms with Gasteiger partial charge in [0.15, 0.2) is 0 Å². The zero-order valence-corrected chi connectivity index (χ0v) is 12.7. The summed E-state index contributed by atoms with van der Waals surface area (Å²) >= 11 is 2.09. The molecule has 1 N–H and O–H groups in total. The standard InChI is InChI=1S/C16H25NOS/c1-2-9-18-16-5-3-14(4-6-16)12-17-13-15-7-10-19-11-8-15/h3-6,15,17H,2,7-13H2,1H3. The van der Waals surface area contributed by atoms with E-state index in [-0.39, 0.29) is 0 Å². The van der Waals surface area contributed by atoms with Crippen LogP contribution in [0.2, 0.25) is 0 Å². The van der Waals surface area contributed by atoms with Gasteiger partial charge in [0.1, 0.15) is 5.75 Å². The molecule has 1 aromatic carbocycles. The zero-order valence-electron chi connectivity index (χ0n) is 11.9. The highest BCUT2D eigenvalue weighted by Crippen LogP contribution is 2.22. The molecular weight excluding hydrogens is 254 g/mol. The zero-order chi connectivity index (χ0) is 13.3. The average molecular weight is 279 g/mol. The van der Waals surface area contributed by atoms with E-state index in [0.29, 0.717) is 0 Å². The lowest BCUT2D eigenvalue weighted by Crippen LogP contribution is -2.25. The summed E-state index contributed by atoms with van der Waals surface area (Å²) in [5, 5.41) is 3.58. The van der Waals surface area contributed by atoms with Gasteiger partial charge in [0.25, 0.3) is 0 Å². The van der Waals surface area contributed by atoms with Crippen LogP contribution in [-0.2, 0) is 6.54 Å². The van der Waals surface area contributed by atoms with Gasteiger partial charge in [0, 0.05) is 6.54 Å². The number of thioether (sulfide) groups is 1. The van der Waals surface area contributed by atoms with Crippen molar-refractivity contribution in [1.82, 2.24) is 5.32 Å². The summed E-state index contributed by atoms with van der Waals surface area (Å²) in [6.45, 7) is 5.06. The van der Waals surface area contributed by atoms with Gasteiger partial charge in [-0.1, -0.05) is 19.1 Å². The van der Waals surface area contributed by atoms with Crippen LogP contribution in [0.5, 0.6) is 5.75 Å². The number of hydrogen-bond acceptors (Lipinski definition) is 3. The quantitative estimate of drug-likeness (QED) is 0.822. The van der Waals surface area contributed by atoms with Crippen LogP contribution in [-0.4, -0.2) is 24.7 Å². The Morgan fingerprint density at radius 1 is 1.21 bits per heavy atom. The predicted octanol–water partition coefficient (Wildman–Crippen LogP) is 3.71. The number of hydrogen-bond donors (Lipinski definition) is 1. The molecule has 0 amide bonds. The van der Waals surface area contributed by atoms with E-state index in [1.165, 1.54) is 29.9 Å². The van der Waals surface area contributed by atoms with Gasteiger partial charge in [-0.25, -0.2) is 0 Å². The van der Waals surface area contributed by atoms with Crippen molar-refractivity contribution in [1.29, 1.82) is 0 Å². The monoisotopic (exact) mass is 279 g/mol. The SMILES string of the molecule is CCCOc1ccc(CNCC2CCSCC2)cc1.